The summed E-state index contributed by atoms with van der Waals surface area (Å²) in [5, 5.41) is 15.7. The minimum Gasteiger partial charge on any atom is -0.479 e. The van der Waals surface area contributed by atoms with E-state index in [-0.39, 0.29) is 12.3 Å². The normalized spacial score (nSPS) is 11.4. The van der Waals surface area contributed by atoms with Gasteiger partial charge in [-0.1, -0.05) is 0 Å². The van der Waals surface area contributed by atoms with Crippen LogP contribution in [0.5, 0.6) is 0 Å². The molecular weight excluding hydrogens is 274 g/mol. The average molecular weight is 291 g/mol. The summed E-state index contributed by atoms with van der Waals surface area (Å²) in [5.41, 5.74) is -0.737. The molecule has 0 aliphatic heterocycles. The minimum atomic E-state index is -1.18. The number of rotatable bonds is 5. The molecular formula is C14H17N3O4. The van der Waals surface area contributed by atoms with Crippen LogP contribution >= 0.6 is 0 Å². The van der Waals surface area contributed by atoms with Gasteiger partial charge in [-0.25, -0.2) is 4.79 Å². The average Bonchev–Trinajstić information content (AvgIpc) is 2.99. The molecule has 2 aromatic rings. The smallest absolute Gasteiger partial charge is 0.331 e. The third kappa shape index (κ3) is 3.31. The van der Waals surface area contributed by atoms with Crippen molar-refractivity contribution in [3.8, 4) is 0 Å². The lowest BCUT2D eigenvalue weighted by Crippen LogP contribution is -2.35. The summed E-state index contributed by atoms with van der Waals surface area (Å²) in [6.45, 7) is 4.86. The van der Waals surface area contributed by atoms with Crippen LogP contribution in [0.15, 0.2) is 28.9 Å². The largest absolute Gasteiger partial charge is 0.479 e. The molecule has 0 aromatic carbocycles. The number of amides is 1. The summed E-state index contributed by atoms with van der Waals surface area (Å²) >= 11 is 0. The van der Waals surface area contributed by atoms with Crippen LogP contribution < -0.4 is 5.32 Å². The maximum Gasteiger partial charge on any atom is 0.331 e. The second kappa shape index (κ2) is 5.43. The van der Waals surface area contributed by atoms with Crippen molar-refractivity contribution in [3.05, 3.63) is 36.0 Å². The molecule has 7 heteroatoms. The number of carboxylic acid groups (broad SMARTS) is 1. The first-order valence-corrected chi connectivity index (χ1v) is 6.43. The van der Waals surface area contributed by atoms with Gasteiger partial charge in [0, 0.05) is 6.20 Å². The number of carbonyl (C=O) groups excluding carboxylic acids is 1. The van der Waals surface area contributed by atoms with Crippen molar-refractivity contribution in [2.75, 3.05) is 5.32 Å². The minimum absolute atomic E-state index is 0.112. The van der Waals surface area contributed by atoms with E-state index in [1.807, 2.05) is 0 Å². The maximum absolute atomic E-state index is 11.9. The van der Waals surface area contributed by atoms with Crippen molar-refractivity contribution in [2.45, 2.75) is 32.7 Å². The molecule has 0 atom stereocenters. The summed E-state index contributed by atoms with van der Waals surface area (Å²) in [4.78, 5) is 23.0. The highest BCUT2D eigenvalue weighted by atomic mass is 16.4. The Morgan fingerprint density at radius 2 is 2.14 bits per heavy atom. The van der Waals surface area contributed by atoms with Gasteiger partial charge in [0.05, 0.1) is 18.3 Å². The third-order valence-corrected chi connectivity index (χ3v) is 3.09. The number of anilines is 1. The van der Waals surface area contributed by atoms with Gasteiger partial charge in [0.2, 0.25) is 5.91 Å². The third-order valence-electron chi connectivity index (χ3n) is 3.09. The van der Waals surface area contributed by atoms with Crippen LogP contribution in [0.1, 0.15) is 25.4 Å². The molecule has 0 bridgehead atoms. The predicted molar refractivity (Wildman–Crippen MR) is 75.0 cm³/mol. The molecule has 2 heterocycles. The van der Waals surface area contributed by atoms with Gasteiger partial charge in [-0.3, -0.25) is 9.48 Å². The van der Waals surface area contributed by atoms with Crippen LogP contribution in [0, 0.1) is 6.92 Å². The van der Waals surface area contributed by atoms with Crippen LogP contribution in [0.25, 0.3) is 0 Å². The molecule has 1 amide bonds. The number of nitrogens with one attached hydrogen (secondary N) is 1. The predicted octanol–water partition coefficient (Wildman–Crippen LogP) is 1.79. The lowest BCUT2D eigenvalue weighted by Gasteiger charge is -2.19. The zero-order valence-electron chi connectivity index (χ0n) is 12.1. The second-order valence-corrected chi connectivity index (χ2v) is 5.28. The highest BCUT2D eigenvalue weighted by Crippen LogP contribution is 2.17. The fraction of sp³-hybridized carbons (Fsp3) is 0.357. The Morgan fingerprint density at radius 3 is 2.71 bits per heavy atom. The highest BCUT2D eigenvalue weighted by molar-refractivity contribution is 5.91. The Kier molecular flexibility index (Phi) is 3.84. The summed E-state index contributed by atoms with van der Waals surface area (Å²) in [6.07, 6.45) is 3.01. The Bertz CT molecular complexity index is 669. The molecule has 0 fully saturated rings. The van der Waals surface area contributed by atoms with Gasteiger partial charge in [0.25, 0.3) is 0 Å². The molecule has 112 valence electrons. The first kappa shape index (κ1) is 14.8. The number of carbonyl (C=O) groups is 2. The fourth-order valence-electron chi connectivity index (χ4n) is 1.73. The van der Waals surface area contributed by atoms with Crippen LogP contribution in [0.4, 0.5) is 5.69 Å². The lowest BCUT2D eigenvalue weighted by molar-refractivity contribution is -0.146. The van der Waals surface area contributed by atoms with E-state index in [2.05, 4.69) is 10.4 Å². The molecule has 0 saturated carbocycles. The summed E-state index contributed by atoms with van der Waals surface area (Å²) < 4.78 is 6.62. The first-order chi connectivity index (χ1) is 9.79. The van der Waals surface area contributed by atoms with Crippen molar-refractivity contribution in [1.82, 2.24) is 9.78 Å². The zero-order chi connectivity index (χ0) is 15.6. The quantitative estimate of drug-likeness (QED) is 0.875. The van der Waals surface area contributed by atoms with Crippen LogP contribution in [-0.4, -0.2) is 26.8 Å². The van der Waals surface area contributed by atoms with Crippen molar-refractivity contribution in [1.29, 1.82) is 0 Å². The van der Waals surface area contributed by atoms with Gasteiger partial charge < -0.3 is 14.8 Å². The van der Waals surface area contributed by atoms with E-state index in [1.54, 1.807) is 19.1 Å². The second-order valence-electron chi connectivity index (χ2n) is 5.28. The monoisotopic (exact) mass is 291 g/mol. The lowest BCUT2D eigenvalue weighted by atomic mass is 10.1. The van der Waals surface area contributed by atoms with E-state index in [4.69, 9.17) is 9.52 Å². The fourth-order valence-corrected chi connectivity index (χ4v) is 1.73. The number of hydrogen-bond donors (Lipinski definition) is 2. The van der Waals surface area contributed by atoms with Gasteiger partial charge >= 0.3 is 5.97 Å². The Hall–Kier alpha value is -2.57. The first-order valence-electron chi connectivity index (χ1n) is 6.43. The van der Waals surface area contributed by atoms with E-state index in [0.717, 1.165) is 5.76 Å². The SMILES string of the molecule is Cc1ccc(CC(=O)Nc2cnn(C(C)(C)C(=O)O)c2)o1. The highest BCUT2D eigenvalue weighted by Gasteiger charge is 2.30. The molecule has 2 aromatic heterocycles. The van der Waals surface area contributed by atoms with E-state index in [1.165, 1.54) is 30.9 Å². The van der Waals surface area contributed by atoms with Crippen molar-refractivity contribution < 1.29 is 19.1 Å². The summed E-state index contributed by atoms with van der Waals surface area (Å²) in [7, 11) is 0. The molecule has 0 saturated heterocycles. The topological polar surface area (TPSA) is 97.4 Å². The number of aliphatic carboxylic acids is 1. The summed E-state index contributed by atoms with van der Waals surface area (Å²) in [6, 6.07) is 3.53. The van der Waals surface area contributed by atoms with Crippen molar-refractivity contribution >= 4 is 17.6 Å². The number of aromatic nitrogens is 2. The van der Waals surface area contributed by atoms with Gasteiger partial charge in [-0.15, -0.1) is 0 Å². The summed E-state index contributed by atoms with van der Waals surface area (Å²) in [5.74, 6) is 0.0589. The molecule has 0 aliphatic rings. The standard InChI is InChI=1S/C14H17N3O4/c1-9-4-5-11(21-9)6-12(18)16-10-7-15-17(8-10)14(2,3)13(19)20/h4-5,7-8H,6H2,1-3H3,(H,16,18)(H,19,20). The number of furan rings is 1. The van der Waals surface area contributed by atoms with Gasteiger partial charge in [-0.05, 0) is 32.9 Å². The van der Waals surface area contributed by atoms with E-state index in [9.17, 15) is 9.59 Å². The van der Waals surface area contributed by atoms with Crippen LogP contribution in [0.2, 0.25) is 0 Å². The van der Waals surface area contributed by atoms with Gasteiger partial charge in [0.1, 0.15) is 11.5 Å². The molecule has 21 heavy (non-hydrogen) atoms. The Labute approximate surface area is 121 Å². The van der Waals surface area contributed by atoms with E-state index >= 15 is 0 Å². The number of carboxylic acids is 1. The number of aryl methyl sites for hydroxylation is 1. The molecule has 2 N–H and O–H groups in total. The molecule has 0 aliphatic carbocycles. The molecule has 0 unspecified atom stereocenters. The number of hydrogen-bond acceptors (Lipinski definition) is 4. The number of nitrogens with zero attached hydrogens (tertiary/aromatic N) is 2. The molecule has 7 nitrogen and oxygen atoms in total. The van der Waals surface area contributed by atoms with Crippen molar-refractivity contribution in [3.63, 3.8) is 0 Å². The van der Waals surface area contributed by atoms with Crippen LogP contribution in [0.3, 0.4) is 0 Å². The van der Waals surface area contributed by atoms with E-state index in [0.29, 0.717) is 11.4 Å². The van der Waals surface area contributed by atoms with Gasteiger partial charge in [0.15, 0.2) is 5.54 Å². The van der Waals surface area contributed by atoms with Crippen molar-refractivity contribution in [2.24, 2.45) is 0 Å². The molecule has 2 rings (SSSR count). The zero-order valence-corrected chi connectivity index (χ0v) is 12.1. The Morgan fingerprint density at radius 1 is 1.43 bits per heavy atom. The maximum atomic E-state index is 11.9. The van der Waals surface area contributed by atoms with E-state index < -0.39 is 11.5 Å². The molecule has 0 spiro atoms. The van der Waals surface area contributed by atoms with Crippen LogP contribution in [-0.2, 0) is 21.5 Å². The molecule has 0 radical (unpaired) electrons. The van der Waals surface area contributed by atoms with Gasteiger partial charge in [-0.2, -0.15) is 5.10 Å². The Balaban J connectivity index is 2.02.